The van der Waals surface area contributed by atoms with Crippen molar-refractivity contribution in [2.24, 2.45) is 0 Å². The summed E-state index contributed by atoms with van der Waals surface area (Å²) in [6, 6.07) is 28.2. The third-order valence-electron chi connectivity index (χ3n) is 5.82. The molecule has 5 aromatic rings. The van der Waals surface area contributed by atoms with Crippen LogP contribution in [0.5, 0.6) is 11.5 Å². The Balaban J connectivity index is 1.17. The molecule has 0 spiro atoms. The second kappa shape index (κ2) is 11.3. The molecule has 180 valence electrons. The van der Waals surface area contributed by atoms with Gasteiger partial charge in [0, 0.05) is 11.8 Å². The highest BCUT2D eigenvalue weighted by Gasteiger charge is 2.12. The van der Waals surface area contributed by atoms with Crippen LogP contribution in [-0.4, -0.2) is 31.7 Å². The molecule has 0 saturated heterocycles. The molecular formula is C29H27N5O2. The number of rotatable bonds is 10. The topological polar surface area (TPSA) is 85.8 Å². The van der Waals surface area contributed by atoms with Gasteiger partial charge in [-0.25, -0.2) is 10.1 Å². The number of tetrazole rings is 1. The monoisotopic (exact) mass is 477 g/mol. The SMILES string of the molecule is CCC(Cc1nnn[nH]1)Oc1cccc(/C=C/c2ccc(OCc3ccc4ccccc4n3)cc2)c1. The maximum Gasteiger partial charge on any atom is 0.152 e. The fourth-order valence-corrected chi connectivity index (χ4v) is 3.85. The number of fused-ring (bicyclic) bond motifs is 1. The molecule has 5 rings (SSSR count). The Morgan fingerprint density at radius 2 is 1.72 bits per heavy atom. The molecule has 1 unspecified atom stereocenters. The number of nitrogens with zero attached hydrogens (tertiary/aromatic N) is 4. The summed E-state index contributed by atoms with van der Waals surface area (Å²) in [6.45, 7) is 2.52. The summed E-state index contributed by atoms with van der Waals surface area (Å²) in [6.07, 6.45) is 5.63. The van der Waals surface area contributed by atoms with Crippen molar-refractivity contribution in [2.75, 3.05) is 0 Å². The minimum absolute atomic E-state index is 0.00340. The van der Waals surface area contributed by atoms with Crippen LogP contribution < -0.4 is 9.47 Å². The largest absolute Gasteiger partial charge is 0.490 e. The van der Waals surface area contributed by atoms with Crippen LogP contribution in [-0.2, 0) is 13.0 Å². The van der Waals surface area contributed by atoms with Gasteiger partial charge in [-0.15, -0.1) is 5.10 Å². The number of ether oxygens (including phenoxy) is 2. The summed E-state index contributed by atoms with van der Waals surface area (Å²) in [5.74, 6) is 2.35. The molecule has 7 heteroatoms. The quantitative estimate of drug-likeness (QED) is 0.252. The van der Waals surface area contributed by atoms with E-state index >= 15 is 0 Å². The predicted octanol–water partition coefficient (Wildman–Crippen LogP) is 5.90. The summed E-state index contributed by atoms with van der Waals surface area (Å²) in [5.41, 5.74) is 4.03. The summed E-state index contributed by atoms with van der Waals surface area (Å²) in [4.78, 5) is 4.66. The molecule has 1 atom stereocenters. The third-order valence-corrected chi connectivity index (χ3v) is 5.82. The number of benzene rings is 3. The second-order valence-electron chi connectivity index (χ2n) is 8.46. The smallest absolute Gasteiger partial charge is 0.152 e. The molecule has 36 heavy (non-hydrogen) atoms. The van der Waals surface area contributed by atoms with Crippen LogP contribution in [0.1, 0.15) is 36.0 Å². The Bertz CT molecular complexity index is 1430. The molecule has 0 radical (unpaired) electrons. The van der Waals surface area contributed by atoms with Crippen molar-refractivity contribution in [3.8, 4) is 11.5 Å². The Kier molecular flexibility index (Phi) is 7.27. The fraction of sp³-hybridized carbons (Fsp3) is 0.172. The zero-order valence-electron chi connectivity index (χ0n) is 20.0. The van der Waals surface area contributed by atoms with Gasteiger partial charge in [-0.2, -0.15) is 0 Å². The summed E-state index contributed by atoms with van der Waals surface area (Å²) in [7, 11) is 0. The number of H-pyrrole nitrogens is 1. The average Bonchev–Trinajstić information content (AvgIpc) is 3.44. The van der Waals surface area contributed by atoms with Crippen LogP contribution in [0.25, 0.3) is 23.1 Å². The molecular weight excluding hydrogens is 450 g/mol. The van der Waals surface area contributed by atoms with Crippen LogP contribution in [0.15, 0.2) is 84.9 Å². The van der Waals surface area contributed by atoms with Crippen molar-refractivity contribution in [2.45, 2.75) is 32.5 Å². The van der Waals surface area contributed by atoms with Crippen molar-refractivity contribution in [3.63, 3.8) is 0 Å². The predicted molar refractivity (Wildman–Crippen MR) is 140 cm³/mol. The van der Waals surface area contributed by atoms with E-state index in [1.165, 1.54) is 0 Å². The van der Waals surface area contributed by atoms with Gasteiger partial charge in [0.05, 0.1) is 11.2 Å². The normalized spacial score (nSPS) is 12.1. The highest BCUT2D eigenvalue weighted by Crippen LogP contribution is 2.20. The highest BCUT2D eigenvalue weighted by molar-refractivity contribution is 5.78. The van der Waals surface area contributed by atoms with Crippen LogP contribution in [0, 0.1) is 0 Å². The lowest BCUT2D eigenvalue weighted by atomic mass is 10.1. The summed E-state index contributed by atoms with van der Waals surface area (Å²) < 4.78 is 12.1. The van der Waals surface area contributed by atoms with Gasteiger partial charge in [-0.1, -0.05) is 67.6 Å². The maximum atomic E-state index is 6.16. The molecule has 0 aliphatic rings. The van der Waals surface area contributed by atoms with E-state index in [2.05, 4.69) is 62.9 Å². The Hall–Kier alpha value is -4.52. The lowest BCUT2D eigenvalue weighted by molar-refractivity contribution is 0.195. The van der Waals surface area contributed by atoms with Crippen molar-refractivity contribution >= 4 is 23.1 Å². The van der Waals surface area contributed by atoms with Gasteiger partial charge in [0.25, 0.3) is 0 Å². The first-order valence-corrected chi connectivity index (χ1v) is 12.0. The zero-order valence-corrected chi connectivity index (χ0v) is 20.0. The molecule has 2 heterocycles. The van der Waals surface area contributed by atoms with E-state index in [1.807, 2.05) is 66.7 Å². The fourth-order valence-electron chi connectivity index (χ4n) is 3.85. The molecule has 1 N–H and O–H groups in total. The zero-order chi connectivity index (χ0) is 24.6. The molecule has 2 aromatic heterocycles. The van der Waals surface area contributed by atoms with E-state index in [0.717, 1.165) is 51.5 Å². The molecule has 0 bridgehead atoms. The van der Waals surface area contributed by atoms with E-state index in [0.29, 0.717) is 13.0 Å². The van der Waals surface area contributed by atoms with E-state index in [-0.39, 0.29) is 6.10 Å². The molecule has 0 amide bonds. The average molecular weight is 478 g/mol. The number of nitrogens with one attached hydrogen (secondary N) is 1. The van der Waals surface area contributed by atoms with Crippen molar-refractivity contribution in [1.82, 2.24) is 25.6 Å². The van der Waals surface area contributed by atoms with E-state index in [1.54, 1.807) is 0 Å². The van der Waals surface area contributed by atoms with Gasteiger partial charge in [-0.3, -0.25) is 0 Å². The lowest BCUT2D eigenvalue weighted by Crippen LogP contribution is -2.19. The number of hydrogen-bond donors (Lipinski definition) is 1. The standard InChI is InChI=1S/C29H27N5O2/c1-2-25(19-29-31-33-34-32-29)36-27-8-5-6-22(18-27)11-10-21-12-16-26(17-13-21)35-20-24-15-14-23-7-3-4-9-28(23)30-24/h3-18,25H,2,19-20H2,1H3,(H,31,32,33,34)/b11-10+. The minimum atomic E-state index is -0.00340. The first-order valence-electron chi connectivity index (χ1n) is 12.0. The molecule has 0 fully saturated rings. The number of aromatic nitrogens is 5. The van der Waals surface area contributed by atoms with Gasteiger partial charge in [-0.05, 0) is 64.4 Å². The minimum Gasteiger partial charge on any atom is -0.490 e. The first kappa shape index (κ1) is 23.2. The molecule has 3 aromatic carbocycles. The van der Waals surface area contributed by atoms with Crippen LogP contribution in [0.4, 0.5) is 0 Å². The van der Waals surface area contributed by atoms with Crippen LogP contribution in [0.2, 0.25) is 0 Å². The van der Waals surface area contributed by atoms with Gasteiger partial charge in [0.15, 0.2) is 5.82 Å². The van der Waals surface area contributed by atoms with Crippen molar-refractivity contribution in [1.29, 1.82) is 0 Å². The van der Waals surface area contributed by atoms with Gasteiger partial charge in [0.1, 0.15) is 24.2 Å². The second-order valence-corrected chi connectivity index (χ2v) is 8.46. The Labute approximate surface area is 209 Å². The highest BCUT2D eigenvalue weighted by atomic mass is 16.5. The lowest BCUT2D eigenvalue weighted by Gasteiger charge is -2.16. The molecule has 0 aliphatic heterocycles. The van der Waals surface area contributed by atoms with Gasteiger partial charge in [0.2, 0.25) is 0 Å². The maximum absolute atomic E-state index is 6.16. The van der Waals surface area contributed by atoms with Crippen LogP contribution in [0.3, 0.4) is 0 Å². The summed E-state index contributed by atoms with van der Waals surface area (Å²) in [5, 5.41) is 15.1. The first-order chi connectivity index (χ1) is 17.7. The third kappa shape index (κ3) is 6.13. The number of para-hydroxylation sites is 1. The van der Waals surface area contributed by atoms with E-state index in [4.69, 9.17) is 9.47 Å². The summed E-state index contributed by atoms with van der Waals surface area (Å²) >= 11 is 0. The molecule has 0 saturated carbocycles. The Morgan fingerprint density at radius 1 is 0.861 bits per heavy atom. The van der Waals surface area contributed by atoms with Gasteiger partial charge < -0.3 is 9.47 Å². The van der Waals surface area contributed by atoms with Gasteiger partial charge >= 0.3 is 0 Å². The van der Waals surface area contributed by atoms with Crippen molar-refractivity contribution in [3.05, 3.63) is 108 Å². The molecule has 0 aliphatic carbocycles. The van der Waals surface area contributed by atoms with E-state index in [9.17, 15) is 0 Å². The van der Waals surface area contributed by atoms with Crippen molar-refractivity contribution < 1.29 is 9.47 Å². The Morgan fingerprint density at radius 3 is 2.56 bits per heavy atom. The molecule has 7 nitrogen and oxygen atoms in total. The number of pyridine rings is 1. The number of hydrogen-bond acceptors (Lipinski definition) is 6. The number of aromatic amines is 1. The van der Waals surface area contributed by atoms with E-state index < -0.39 is 0 Å². The van der Waals surface area contributed by atoms with Crippen LogP contribution >= 0.6 is 0 Å².